The maximum Gasteiger partial charge on any atom is 0.392 e. The molecule has 0 atom stereocenters. The SMILES string of the molecule is CCC(=O)C=CCC(F)(F)F. The van der Waals surface area contributed by atoms with Crippen molar-refractivity contribution < 1.29 is 18.0 Å². The molecule has 0 aromatic rings. The Morgan fingerprint density at radius 1 is 1.45 bits per heavy atom. The highest BCUT2D eigenvalue weighted by atomic mass is 19.4. The number of hydrogen-bond donors (Lipinski definition) is 0. The minimum absolute atomic E-state index is 0.244. The van der Waals surface area contributed by atoms with Crippen molar-refractivity contribution in [2.75, 3.05) is 0 Å². The molecule has 0 aliphatic carbocycles. The summed E-state index contributed by atoms with van der Waals surface area (Å²) in [7, 11) is 0. The molecule has 0 saturated heterocycles. The molecule has 0 bridgehead atoms. The minimum atomic E-state index is -4.20. The predicted molar refractivity (Wildman–Crippen MR) is 35.1 cm³/mol. The number of carbonyl (C=O) groups excluding carboxylic acids is 1. The third kappa shape index (κ3) is 7.09. The summed E-state index contributed by atoms with van der Waals surface area (Å²) >= 11 is 0. The van der Waals surface area contributed by atoms with Crippen LogP contribution in [0, 0.1) is 0 Å². The number of halogens is 3. The van der Waals surface area contributed by atoms with Crippen LogP contribution in [-0.2, 0) is 4.79 Å². The quantitative estimate of drug-likeness (QED) is 0.588. The number of carbonyl (C=O) groups is 1. The van der Waals surface area contributed by atoms with Gasteiger partial charge in [-0.1, -0.05) is 13.0 Å². The van der Waals surface area contributed by atoms with Crippen molar-refractivity contribution in [1.29, 1.82) is 0 Å². The molecule has 0 spiro atoms. The van der Waals surface area contributed by atoms with Gasteiger partial charge in [-0.3, -0.25) is 4.79 Å². The molecular weight excluding hydrogens is 157 g/mol. The summed E-state index contributed by atoms with van der Waals surface area (Å²) in [5, 5.41) is 0. The Balaban J connectivity index is 3.70. The topological polar surface area (TPSA) is 17.1 Å². The van der Waals surface area contributed by atoms with Gasteiger partial charge in [-0.25, -0.2) is 0 Å². The van der Waals surface area contributed by atoms with Gasteiger partial charge in [0.15, 0.2) is 5.78 Å². The Kier molecular flexibility index (Phi) is 3.85. The molecule has 1 nitrogen and oxygen atoms in total. The van der Waals surface area contributed by atoms with E-state index in [0.29, 0.717) is 0 Å². The van der Waals surface area contributed by atoms with E-state index >= 15 is 0 Å². The molecule has 0 rings (SSSR count). The Morgan fingerprint density at radius 3 is 2.36 bits per heavy atom. The van der Waals surface area contributed by atoms with E-state index in [1.54, 1.807) is 6.92 Å². The van der Waals surface area contributed by atoms with Gasteiger partial charge in [0.05, 0.1) is 6.42 Å². The first-order chi connectivity index (χ1) is 4.95. The van der Waals surface area contributed by atoms with E-state index in [-0.39, 0.29) is 12.2 Å². The number of hydrogen-bond acceptors (Lipinski definition) is 1. The fourth-order valence-corrected chi connectivity index (χ4v) is 0.442. The fraction of sp³-hybridized carbons (Fsp3) is 0.571. The van der Waals surface area contributed by atoms with Crippen molar-refractivity contribution in [1.82, 2.24) is 0 Å². The molecular formula is C7H9F3O. The van der Waals surface area contributed by atoms with E-state index in [9.17, 15) is 18.0 Å². The minimum Gasteiger partial charge on any atom is -0.295 e. The molecule has 0 aliphatic heterocycles. The first-order valence-corrected chi connectivity index (χ1v) is 3.22. The molecule has 0 saturated carbocycles. The third-order valence-corrected chi connectivity index (χ3v) is 1.00. The molecule has 0 radical (unpaired) electrons. The molecule has 0 aromatic carbocycles. The van der Waals surface area contributed by atoms with Crippen molar-refractivity contribution in [3.8, 4) is 0 Å². The van der Waals surface area contributed by atoms with Crippen LogP contribution in [0.3, 0.4) is 0 Å². The normalized spacial score (nSPS) is 12.4. The van der Waals surface area contributed by atoms with Crippen LogP contribution < -0.4 is 0 Å². The molecule has 64 valence electrons. The standard InChI is InChI=1S/C7H9F3O/c1-2-6(11)4-3-5-7(8,9)10/h3-4H,2,5H2,1H3. The summed E-state index contributed by atoms with van der Waals surface area (Å²) < 4.78 is 34.3. The molecule has 0 heterocycles. The summed E-state index contributed by atoms with van der Waals surface area (Å²) in [5.41, 5.74) is 0. The smallest absolute Gasteiger partial charge is 0.295 e. The molecule has 4 heteroatoms. The van der Waals surface area contributed by atoms with E-state index < -0.39 is 12.6 Å². The number of alkyl halides is 3. The van der Waals surface area contributed by atoms with Gasteiger partial charge in [-0.15, -0.1) is 0 Å². The molecule has 11 heavy (non-hydrogen) atoms. The van der Waals surface area contributed by atoms with Crippen LogP contribution >= 0.6 is 0 Å². The van der Waals surface area contributed by atoms with Crippen molar-refractivity contribution in [2.24, 2.45) is 0 Å². The second-order valence-electron chi connectivity index (χ2n) is 2.04. The lowest BCUT2D eigenvalue weighted by atomic mass is 10.2. The van der Waals surface area contributed by atoms with E-state index in [2.05, 4.69) is 0 Å². The van der Waals surface area contributed by atoms with Gasteiger partial charge in [0, 0.05) is 6.42 Å². The maximum absolute atomic E-state index is 11.4. The summed E-state index contributed by atoms with van der Waals surface area (Å²) in [6, 6.07) is 0. The van der Waals surface area contributed by atoms with E-state index in [1.165, 1.54) is 0 Å². The second kappa shape index (κ2) is 4.16. The van der Waals surface area contributed by atoms with Crippen LogP contribution in [0.15, 0.2) is 12.2 Å². The number of ketones is 1. The van der Waals surface area contributed by atoms with Crippen molar-refractivity contribution in [2.45, 2.75) is 25.9 Å². The van der Waals surface area contributed by atoms with Crippen LogP contribution in [0.2, 0.25) is 0 Å². The number of allylic oxidation sites excluding steroid dienone is 2. The zero-order chi connectivity index (χ0) is 8.91. The molecule has 0 aliphatic rings. The van der Waals surface area contributed by atoms with Crippen molar-refractivity contribution in [3.05, 3.63) is 12.2 Å². The molecule has 0 fully saturated rings. The highest BCUT2D eigenvalue weighted by molar-refractivity contribution is 5.89. The molecule has 0 amide bonds. The van der Waals surface area contributed by atoms with Gasteiger partial charge in [-0.05, 0) is 6.08 Å². The van der Waals surface area contributed by atoms with Gasteiger partial charge in [0.25, 0.3) is 0 Å². The maximum atomic E-state index is 11.4. The van der Waals surface area contributed by atoms with Crippen LogP contribution in [0.25, 0.3) is 0 Å². The largest absolute Gasteiger partial charge is 0.392 e. The van der Waals surface area contributed by atoms with Crippen LogP contribution in [0.5, 0.6) is 0 Å². The molecule has 0 N–H and O–H groups in total. The highest BCUT2D eigenvalue weighted by Gasteiger charge is 2.24. The predicted octanol–water partition coefficient (Wildman–Crippen LogP) is 2.47. The fourth-order valence-electron chi connectivity index (χ4n) is 0.442. The average Bonchev–Trinajstić information content (AvgIpc) is 1.85. The van der Waals surface area contributed by atoms with Crippen LogP contribution in [0.4, 0.5) is 13.2 Å². The van der Waals surface area contributed by atoms with Gasteiger partial charge in [0.2, 0.25) is 0 Å². The lowest BCUT2D eigenvalue weighted by Gasteiger charge is -1.99. The van der Waals surface area contributed by atoms with Gasteiger partial charge < -0.3 is 0 Å². The van der Waals surface area contributed by atoms with Crippen LogP contribution in [-0.4, -0.2) is 12.0 Å². The monoisotopic (exact) mass is 166 g/mol. The Morgan fingerprint density at radius 2 is 2.00 bits per heavy atom. The lowest BCUT2D eigenvalue weighted by molar-refractivity contribution is -0.125. The first-order valence-electron chi connectivity index (χ1n) is 3.22. The Bertz CT molecular complexity index is 158. The van der Waals surface area contributed by atoms with Crippen LogP contribution in [0.1, 0.15) is 19.8 Å². The number of rotatable bonds is 3. The lowest BCUT2D eigenvalue weighted by Crippen LogP contribution is -2.04. The van der Waals surface area contributed by atoms with E-state index in [0.717, 1.165) is 12.2 Å². The zero-order valence-corrected chi connectivity index (χ0v) is 6.11. The summed E-state index contributed by atoms with van der Waals surface area (Å²) in [5.74, 6) is -0.283. The van der Waals surface area contributed by atoms with E-state index in [4.69, 9.17) is 0 Å². The second-order valence-corrected chi connectivity index (χ2v) is 2.04. The van der Waals surface area contributed by atoms with Gasteiger partial charge >= 0.3 is 6.18 Å². The Labute approximate surface area is 62.9 Å². The molecule has 0 unspecified atom stereocenters. The van der Waals surface area contributed by atoms with Crippen molar-refractivity contribution in [3.63, 3.8) is 0 Å². The average molecular weight is 166 g/mol. The van der Waals surface area contributed by atoms with Gasteiger partial charge in [-0.2, -0.15) is 13.2 Å². The first kappa shape index (κ1) is 10.2. The summed E-state index contributed by atoms with van der Waals surface area (Å²) in [6.07, 6.45) is -3.18. The summed E-state index contributed by atoms with van der Waals surface area (Å²) in [4.78, 5) is 10.4. The summed E-state index contributed by atoms with van der Waals surface area (Å²) in [6.45, 7) is 1.60. The highest BCUT2D eigenvalue weighted by Crippen LogP contribution is 2.19. The van der Waals surface area contributed by atoms with Gasteiger partial charge in [0.1, 0.15) is 0 Å². The molecule has 0 aromatic heterocycles. The zero-order valence-electron chi connectivity index (χ0n) is 6.11. The van der Waals surface area contributed by atoms with E-state index in [1.807, 2.05) is 0 Å². The van der Waals surface area contributed by atoms with Crippen molar-refractivity contribution >= 4 is 5.78 Å². The third-order valence-electron chi connectivity index (χ3n) is 1.00. The Hall–Kier alpha value is -0.800.